The van der Waals surface area contributed by atoms with E-state index in [1.807, 2.05) is 0 Å². The fraction of sp³-hybridized carbons (Fsp3) is 1.00. The van der Waals surface area contributed by atoms with E-state index in [9.17, 15) is 5.21 Å². The van der Waals surface area contributed by atoms with Crippen LogP contribution in [0.15, 0.2) is 0 Å². The van der Waals surface area contributed by atoms with E-state index in [-0.39, 0.29) is 25.9 Å². The number of aliphatic hydroxyl groups is 2. The first kappa shape index (κ1) is 6.95. The molecule has 1 aliphatic rings. The van der Waals surface area contributed by atoms with Crippen molar-refractivity contribution in [3.05, 3.63) is 5.21 Å². The quantitative estimate of drug-likeness (QED) is 0.426. The molecule has 0 atom stereocenters. The number of rotatable bonds is 0. The molecule has 1 heterocycles. The Morgan fingerprint density at radius 2 is 1.67 bits per heavy atom. The summed E-state index contributed by atoms with van der Waals surface area (Å²) in [5.41, 5.74) is 0. The lowest BCUT2D eigenvalue weighted by Gasteiger charge is -2.38. The Morgan fingerprint density at radius 1 is 1.22 bits per heavy atom. The van der Waals surface area contributed by atoms with Gasteiger partial charge in [0.15, 0.2) is 5.79 Å². The summed E-state index contributed by atoms with van der Waals surface area (Å²) in [6.45, 7) is 0.458. The summed E-state index contributed by atoms with van der Waals surface area (Å²) in [6.07, 6.45) is 0.326. The van der Waals surface area contributed by atoms with Crippen LogP contribution in [-0.4, -0.2) is 34.2 Å². The first-order valence-corrected chi connectivity index (χ1v) is 2.97. The molecule has 4 heteroatoms. The third kappa shape index (κ3) is 1.91. The van der Waals surface area contributed by atoms with Gasteiger partial charge >= 0.3 is 0 Å². The molecule has 1 aliphatic heterocycles. The van der Waals surface area contributed by atoms with Gasteiger partial charge in [-0.05, 0) is 13.1 Å². The molecule has 0 unspecified atom stereocenters. The lowest BCUT2D eigenvalue weighted by molar-refractivity contribution is -0.185. The molecule has 2 N–H and O–H groups in total. The van der Waals surface area contributed by atoms with Crippen LogP contribution in [0.1, 0.15) is 12.8 Å². The smallest absolute Gasteiger partial charge is 0.164 e. The first-order valence-electron chi connectivity index (χ1n) is 2.97. The minimum Gasteiger partial charge on any atom is -0.785 e. The van der Waals surface area contributed by atoms with Crippen LogP contribution in [0, 0.1) is 5.21 Å². The molecule has 0 aliphatic carbocycles. The minimum absolute atomic E-state index is 0.163. The molecule has 0 amide bonds. The van der Waals surface area contributed by atoms with Crippen LogP contribution in [0.5, 0.6) is 0 Å². The summed E-state index contributed by atoms with van der Waals surface area (Å²) in [5, 5.41) is 29.0. The van der Waals surface area contributed by atoms with Crippen molar-refractivity contribution >= 4 is 0 Å². The summed E-state index contributed by atoms with van der Waals surface area (Å²) in [6, 6.07) is 0. The Balaban J connectivity index is 2.35. The molecule has 0 bridgehead atoms. The van der Waals surface area contributed by atoms with Crippen LogP contribution in [-0.2, 0) is 0 Å². The van der Waals surface area contributed by atoms with E-state index in [1.54, 1.807) is 0 Å². The van der Waals surface area contributed by atoms with E-state index < -0.39 is 5.79 Å². The highest BCUT2D eigenvalue weighted by Gasteiger charge is 2.25. The van der Waals surface area contributed by atoms with E-state index in [2.05, 4.69) is 0 Å². The third-order valence-corrected chi connectivity index (χ3v) is 1.52. The van der Waals surface area contributed by atoms with Gasteiger partial charge in [0, 0.05) is 12.8 Å². The number of hydrogen-bond donors (Lipinski definition) is 2. The van der Waals surface area contributed by atoms with Crippen molar-refractivity contribution in [2.75, 3.05) is 13.1 Å². The highest BCUT2D eigenvalue weighted by atomic mass is 16.5. The number of hydrogen-bond acceptors (Lipinski definition) is 4. The molecule has 0 spiro atoms. The zero-order valence-corrected chi connectivity index (χ0v) is 5.08. The van der Waals surface area contributed by atoms with E-state index in [1.165, 1.54) is 0 Å². The fourth-order valence-electron chi connectivity index (χ4n) is 0.844. The molecule has 54 valence electrons. The number of hydroxylamine groups is 2. The van der Waals surface area contributed by atoms with E-state index >= 15 is 0 Å². The Kier molecular flexibility index (Phi) is 1.72. The molecule has 1 saturated heterocycles. The summed E-state index contributed by atoms with van der Waals surface area (Å²) in [4.78, 5) is 0. The zero-order chi connectivity index (χ0) is 6.91. The molecule has 0 saturated carbocycles. The molecule has 0 aromatic rings. The van der Waals surface area contributed by atoms with Crippen LogP contribution in [0.25, 0.3) is 0 Å². The van der Waals surface area contributed by atoms with Crippen molar-refractivity contribution in [2.24, 2.45) is 0 Å². The Labute approximate surface area is 53.3 Å². The van der Waals surface area contributed by atoms with Gasteiger partial charge in [0.1, 0.15) is 0 Å². The summed E-state index contributed by atoms with van der Waals surface area (Å²) in [7, 11) is 0. The van der Waals surface area contributed by atoms with Gasteiger partial charge in [-0.2, -0.15) is 0 Å². The van der Waals surface area contributed by atoms with E-state index in [0.717, 1.165) is 5.06 Å². The average molecular weight is 132 g/mol. The molecule has 1 fully saturated rings. The predicted octanol–water partition coefficient (Wildman–Crippen LogP) is -0.739. The minimum atomic E-state index is -1.58. The van der Waals surface area contributed by atoms with E-state index in [4.69, 9.17) is 10.2 Å². The molecule has 1 rings (SSSR count). The highest BCUT2D eigenvalue weighted by molar-refractivity contribution is 4.76. The molecular weight excluding hydrogens is 122 g/mol. The second kappa shape index (κ2) is 2.22. The van der Waals surface area contributed by atoms with Gasteiger partial charge in [-0.15, -0.1) is 0 Å². The topological polar surface area (TPSA) is 66.8 Å². The molecule has 9 heavy (non-hydrogen) atoms. The Hall–Kier alpha value is -0.160. The SMILES string of the molecule is [O-]N1CCC(O)(O)CC1. The van der Waals surface area contributed by atoms with Gasteiger partial charge in [0.25, 0.3) is 0 Å². The van der Waals surface area contributed by atoms with Crippen LogP contribution < -0.4 is 0 Å². The van der Waals surface area contributed by atoms with Crippen molar-refractivity contribution in [1.82, 2.24) is 5.06 Å². The maximum Gasteiger partial charge on any atom is 0.164 e. The van der Waals surface area contributed by atoms with Crippen molar-refractivity contribution in [1.29, 1.82) is 0 Å². The van der Waals surface area contributed by atoms with E-state index in [0.29, 0.717) is 0 Å². The van der Waals surface area contributed by atoms with Crippen LogP contribution >= 0.6 is 0 Å². The number of nitrogens with zero attached hydrogens (tertiary/aromatic N) is 1. The summed E-state index contributed by atoms with van der Waals surface area (Å²) < 4.78 is 0. The van der Waals surface area contributed by atoms with Gasteiger partial charge in [0.05, 0.1) is 0 Å². The third-order valence-electron chi connectivity index (χ3n) is 1.52. The second-order valence-electron chi connectivity index (χ2n) is 2.41. The molecule has 0 aromatic heterocycles. The van der Waals surface area contributed by atoms with Crippen molar-refractivity contribution < 1.29 is 10.2 Å². The van der Waals surface area contributed by atoms with Gasteiger partial charge < -0.3 is 20.5 Å². The fourth-order valence-corrected chi connectivity index (χ4v) is 0.844. The summed E-state index contributed by atoms with van der Waals surface area (Å²) >= 11 is 0. The lowest BCUT2D eigenvalue weighted by Crippen LogP contribution is -2.41. The van der Waals surface area contributed by atoms with Gasteiger partial charge in [-0.1, -0.05) is 0 Å². The average Bonchev–Trinajstić information content (AvgIpc) is 1.78. The van der Waals surface area contributed by atoms with Gasteiger partial charge in [-0.3, -0.25) is 0 Å². The van der Waals surface area contributed by atoms with Crippen LogP contribution in [0.3, 0.4) is 0 Å². The van der Waals surface area contributed by atoms with Crippen molar-refractivity contribution in [3.8, 4) is 0 Å². The lowest BCUT2D eigenvalue weighted by atomic mass is 10.1. The maximum absolute atomic E-state index is 10.4. The Bertz CT molecular complexity index is 94.4. The van der Waals surface area contributed by atoms with Crippen molar-refractivity contribution in [3.63, 3.8) is 0 Å². The van der Waals surface area contributed by atoms with Gasteiger partial charge in [0.2, 0.25) is 0 Å². The number of piperidine rings is 1. The maximum atomic E-state index is 10.4. The molecule has 0 radical (unpaired) electrons. The molecular formula is C5H10NO3-. The van der Waals surface area contributed by atoms with Gasteiger partial charge in [-0.25, -0.2) is 0 Å². The standard InChI is InChI=1S/C5H10NO3/c7-5(8)1-3-6(9)4-2-5/h7-8H,1-4H2/q-1. The Morgan fingerprint density at radius 3 is 2.00 bits per heavy atom. The summed E-state index contributed by atoms with van der Waals surface area (Å²) in [5.74, 6) is -1.58. The first-order chi connectivity index (χ1) is 4.10. The predicted molar refractivity (Wildman–Crippen MR) is 31.3 cm³/mol. The zero-order valence-electron chi connectivity index (χ0n) is 5.08. The molecule has 0 aromatic carbocycles. The normalized spacial score (nSPS) is 28.3. The monoisotopic (exact) mass is 132 g/mol. The largest absolute Gasteiger partial charge is 0.785 e. The second-order valence-corrected chi connectivity index (χ2v) is 2.41. The van der Waals surface area contributed by atoms with Crippen molar-refractivity contribution in [2.45, 2.75) is 18.6 Å². The highest BCUT2D eigenvalue weighted by Crippen LogP contribution is 2.17. The molecule has 4 nitrogen and oxygen atoms in total. The van der Waals surface area contributed by atoms with Crippen LogP contribution in [0.2, 0.25) is 0 Å². The van der Waals surface area contributed by atoms with Crippen LogP contribution in [0.4, 0.5) is 0 Å².